The highest BCUT2D eigenvalue weighted by atomic mass is 32.2. The second kappa shape index (κ2) is 8.04. The molecule has 1 fully saturated rings. The zero-order chi connectivity index (χ0) is 22.2. The molecular weight excluding hydrogens is 413 g/mol. The molecule has 6 heteroatoms. The fourth-order valence-electron chi connectivity index (χ4n) is 4.03. The predicted octanol–water partition coefficient (Wildman–Crippen LogP) is 4.50. The van der Waals surface area contributed by atoms with Crippen molar-refractivity contribution in [2.75, 3.05) is 13.1 Å². The quantitative estimate of drug-likeness (QED) is 0.654. The molecule has 0 spiro atoms. The average Bonchev–Trinajstić information content (AvgIpc) is 3.14. The number of sulfonamides is 1. The van der Waals surface area contributed by atoms with E-state index in [4.69, 9.17) is 0 Å². The second-order valence-corrected chi connectivity index (χ2v) is 9.86. The van der Waals surface area contributed by atoms with Crippen LogP contribution in [-0.2, 0) is 15.6 Å². The third kappa shape index (κ3) is 3.94. The van der Waals surface area contributed by atoms with Gasteiger partial charge in [0, 0.05) is 6.54 Å². The summed E-state index contributed by atoms with van der Waals surface area (Å²) in [5, 5.41) is 11.8. The molecule has 0 amide bonds. The molecule has 0 radical (unpaired) electrons. The van der Waals surface area contributed by atoms with E-state index in [2.05, 4.69) is 0 Å². The van der Waals surface area contributed by atoms with Crippen LogP contribution in [0.4, 0.5) is 4.39 Å². The van der Waals surface area contributed by atoms with Crippen molar-refractivity contribution in [3.05, 3.63) is 107 Å². The van der Waals surface area contributed by atoms with Crippen LogP contribution < -0.4 is 0 Å². The summed E-state index contributed by atoms with van der Waals surface area (Å²) in [6.07, 6.45) is 0. The molecule has 160 valence electrons. The molecule has 3 aromatic carbocycles. The first-order chi connectivity index (χ1) is 14.7. The van der Waals surface area contributed by atoms with Gasteiger partial charge < -0.3 is 5.11 Å². The van der Waals surface area contributed by atoms with Gasteiger partial charge >= 0.3 is 0 Å². The minimum atomic E-state index is -3.81. The molecule has 0 bridgehead atoms. The van der Waals surface area contributed by atoms with Gasteiger partial charge in [0.2, 0.25) is 10.0 Å². The number of β-amino-alcohol motifs (C(OH)–C–C–N with tert-alkyl or cyclic N) is 1. The molecule has 0 aromatic heterocycles. The summed E-state index contributed by atoms with van der Waals surface area (Å²) >= 11 is 0. The van der Waals surface area contributed by atoms with Crippen molar-refractivity contribution < 1.29 is 17.9 Å². The first-order valence-electron chi connectivity index (χ1n) is 10.0. The number of hydrogen-bond acceptors (Lipinski definition) is 3. The average molecular weight is 438 g/mol. The Morgan fingerprint density at radius 1 is 0.968 bits per heavy atom. The van der Waals surface area contributed by atoms with Crippen LogP contribution in [0.25, 0.3) is 5.57 Å². The number of halogens is 1. The number of benzene rings is 3. The molecule has 1 heterocycles. The maximum atomic E-state index is 13.4. The molecule has 1 saturated heterocycles. The van der Waals surface area contributed by atoms with Gasteiger partial charge in [-0.05, 0) is 60.4 Å². The standard InChI is InChI=1S/C25H24FNO3S/c1-18-8-14-23(15-9-18)31(29,30)27-16-24(19(2)20-10-12-22(26)13-11-20)25(28,17-27)21-6-4-3-5-7-21/h3-15,28H,16-17H2,1-2H3/b24-19-/t25-/m0/s1. The molecule has 4 rings (SSSR count). The molecule has 3 aromatic rings. The van der Waals surface area contributed by atoms with Crippen LogP contribution in [0.15, 0.2) is 89.3 Å². The Labute approximate surface area is 182 Å². The summed E-state index contributed by atoms with van der Waals surface area (Å²) in [6, 6.07) is 21.7. The summed E-state index contributed by atoms with van der Waals surface area (Å²) in [7, 11) is -3.81. The van der Waals surface area contributed by atoms with E-state index in [1.165, 1.54) is 16.4 Å². The largest absolute Gasteiger partial charge is 0.379 e. The van der Waals surface area contributed by atoms with Crippen LogP contribution in [0.3, 0.4) is 0 Å². The van der Waals surface area contributed by atoms with E-state index in [0.717, 1.165) is 16.7 Å². The first-order valence-corrected chi connectivity index (χ1v) is 11.5. The first kappa shape index (κ1) is 21.4. The van der Waals surface area contributed by atoms with Gasteiger partial charge in [-0.25, -0.2) is 12.8 Å². The molecule has 1 aliphatic rings. The van der Waals surface area contributed by atoms with E-state index >= 15 is 0 Å². The minimum Gasteiger partial charge on any atom is -0.379 e. The topological polar surface area (TPSA) is 57.6 Å². The van der Waals surface area contributed by atoms with Gasteiger partial charge in [0.05, 0.1) is 11.4 Å². The lowest BCUT2D eigenvalue weighted by Gasteiger charge is -2.26. The number of rotatable bonds is 4. The Morgan fingerprint density at radius 3 is 2.19 bits per heavy atom. The number of nitrogens with zero attached hydrogens (tertiary/aromatic N) is 1. The summed E-state index contributed by atoms with van der Waals surface area (Å²) in [6.45, 7) is 3.68. The van der Waals surface area contributed by atoms with Crippen LogP contribution in [0, 0.1) is 12.7 Å². The number of hydrogen-bond donors (Lipinski definition) is 1. The lowest BCUT2D eigenvalue weighted by molar-refractivity contribution is 0.0874. The fraction of sp³-hybridized carbons (Fsp3) is 0.200. The highest BCUT2D eigenvalue weighted by Crippen LogP contribution is 2.42. The SMILES string of the molecule is C/C(=C1\CN(S(=O)(=O)c2ccc(C)cc2)C[C@]1(O)c1ccccc1)c1ccc(F)cc1. The maximum absolute atomic E-state index is 13.4. The minimum absolute atomic E-state index is 0.0464. The molecule has 31 heavy (non-hydrogen) atoms. The molecule has 4 nitrogen and oxygen atoms in total. The fourth-order valence-corrected chi connectivity index (χ4v) is 5.46. The summed E-state index contributed by atoms with van der Waals surface area (Å²) in [4.78, 5) is 0.189. The van der Waals surface area contributed by atoms with Crippen molar-refractivity contribution in [3.63, 3.8) is 0 Å². The van der Waals surface area contributed by atoms with Crippen LogP contribution in [0.1, 0.15) is 23.6 Å². The van der Waals surface area contributed by atoms with Crippen molar-refractivity contribution >= 4 is 15.6 Å². The molecule has 1 atom stereocenters. The normalized spacial score (nSPS) is 21.3. The number of allylic oxidation sites excluding steroid dienone is 1. The predicted molar refractivity (Wildman–Crippen MR) is 119 cm³/mol. The Kier molecular flexibility index (Phi) is 5.56. The van der Waals surface area contributed by atoms with Gasteiger partial charge in [0.1, 0.15) is 11.4 Å². The van der Waals surface area contributed by atoms with Crippen molar-refractivity contribution in [1.29, 1.82) is 0 Å². The molecule has 1 aliphatic heterocycles. The van der Waals surface area contributed by atoms with Crippen molar-refractivity contribution in [2.45, 2.75) is 24.3 Å². The summed E-state index contributed by atoms with van der Waals surface area (Å²) in [5.74, 6) is -0.352. The van der Waals surface area contributed by atoms with Gasteiger partial charge in [-0.3, -0.25) is 0 Å². The van der Waals surface area contributed by atoms with Crippen molar-refractivity contribution in [3.8, 4) is 0 Å². The van der Waals surface area contributed by atoms with Crippen molar-refractivity contribution in [1.82, 2.24) is 4.31 Å². The van der Waals surface area contributed by atoms with E-state index in [0.29, 0.717) is 11.1 Å². The number of aryl methyl sites for hydroxylation is 1. The zero-order valence-electron chi connectivity index (χ0n) is 17.4. The highest BCUT2D eigenvalue weighted by molar-refractivity contribution is 7.89. The lowest BCUT2D eigenvalue weighted by Crippen LogP contribution is -2.34. The third-order valence-electron chi connectivity index (χ3n) is 5.88. The number of aliphatic hydroxyl groups is 1. The van der Waals surface area contributed by atoms with E-state index in [-0.39, 0.29) is 23.8 Å². The summed E-state index contributed by atoms with van der Waals surface area (Å²) < 4.78 is 41.5. The van der Waals surface area contributed by atoms with Crippen LogP contribution in [0.5, 0.6) is 0 Å². The van der Waals surface area contributed by atoms with E-state index < -0.39 is 15.6 Å². The van der Waals surface area contributed by atoms with Gasteiger partial charge in [-0.15, -0.1) is 0 Å². The van der Waals surface area contributed by atoms with Gasteiger partial charge in [0.15, 0.2) is 0 Å². The molecule has 0 unspecified atom stereocenters. The van der Waals surface area contributed by atoms with Crippen LogP contribution in [-0.4, -0.2) is 30.9 Å². The smallest absolute Gasteiger partial charge is 0.243 e. The Hall–Kier alpha value is -2.80. The van der Waals surface area contributed by atoms with Crippen LogP contribution >= 0.6 is 0 Å². The molecule has 0 aliphatic carbocycles. The molecule has 0 saturated carbocycles. The Bertz CT molecular complexity index is 1220. The maximum Gasteiger partial charge on any atom is 0.243 e. The highest BCUT2D eigenvalue weighted by Gasteiger charge is 2.47. The second-order valence-electron chi connectivity index (χ2n) is 7.92. The van der Waals surface area contributed by atoms with E-state index in [1.54, 1.807) is 48.5 Å². The molecule has 1 N–H and O–H groups in total. The molecular formula is C25H24FNO3S. The van der Waals surface area contributed by atoms with Gasteiger partial charge in [-0.2, -0.15) is 4.31 Å². The van der Waals surface area contributed by atoms with Gasteiger partial charge in [-0.1, -0.05) is 60.2 Å². The van der Waals surface area contributed by atoms with Crippen molar-refractivity contribution in [2.24, 2.45) is 0 Å². The zero-order valence-corrected chi connectivity index (χ0v) is 18.2. The Balaban J connectivity index is 1.83. The van der Waals surface area contributed by atoms with Gasteiger partial charge in [0.25, 0.3) is 0 Å². The monoisotopic (exact) mass is 437 g/mol. The van der Waals surface area contributed by atoms with E-state index in [9.17, 15) is 17.9 Å². The van der Waals surface area contributed by atoms with E-state index in [1.807, 2.05) is 32.0 Å². The Morgan fingerprint density at radius 2 is 1.58 bits per heavy atom. The van der Waals surface area contributed by atoms with Crippen LogP contribution in [0.2, 0.25) is 0 Å². The lowest BCUT2D eigenvalue weighted by atomic mass is 9.84. The third-order valence-corrected chi connectivity index (χ3v) is 7.68. The summed E-state index contributed by atoms with van der Waals surface area (Å²) in [5.41, 5.74) is 2.15.